The summed E-state index contributed by atoms with van der Waals surface area (Å²) < 4.78 is 0. The van der Waals surface area contributed by atoms with E-state index in [4.69, 9.17) is 12.2 Å². The van der Waals surface area contributed by atoms with Crippen LogP contribution in [0.4, 0.5) is 5.69 Å². The summed E-state index contributed by atoms with van der Waals surface area (Å²) in [7, 11) is 1.71. The molecular weight excluding hydrogens is 208 g/mol. The Bertz CT molecular complexity index is 359. The zero-order chi connectivity index (χ0) is 11.3. The summed E-state index contributed by atoms with van der Waals surface area (Å²) in [6.45, 7) is 2.00. The Morgan fingerprint density at radius 1 is 1.33 bits per heavy atom. The van der Waals surface area contributed by atoms with E-state index in [0.29, 0.717) is 4.99 Å². The molecule has 0 aromatic heterocycles. The van der Waals surface area contributed by atoms with E-state index < -0.39 is 0 Å². The van der Waals surface area contributed by atoms with Gasteiger partial charge in [-0.1, -0.05) is 29.9 Å². The fourth-order valence-corrected chi connectivity index (χ4v) is 1.21. The van der Waals surface area contributed by atoms with E-state index in [1.165, 1.54) is 5.56 Å². The molecule has 0 spiro atoms. The maximum absolute atomic E-state index is 11.4. The molecular formula is C11H14N2OS. The molecule has 0 saturated heterocycles. The highest BCUT2D eigenvalue weighted by atomic mass is 32.1. The molecule has 0 radical (unpaired) electrons. The second-order valence-corrected chi connectivity index (χ2v) is 3.76. The molecule has 0 bridgehead atoms. The van der Waals surface area contributed by atoms with Crippen LogP contribution in [0.15, 0.2) is 24.3 Å². The fraction of sp³-hybridized carbons (Fsp3) is 0.273. The van der Waals surface area contributed by atoms with Crippen molar-refractivity contribution in [3.63, 3.8) is 0 Å². The molecule has 0 atom stereocenters. The number of amides is 1. The monoisotopic (exact) mass is 222 g/mol. The van der Waals surface area contributed by atoms with E-state index in [1.807, 2.05) is 31.2 Å². The van der Waals surface area contributed by atoms with E-state index in [2.05, 4.69) is 10.6 Å². The Morgan fingerprint density at radius 3 is 2.47 bits per heavy atom. The van der Waals surface area contributed by atoms with Crippen LogP contribution < -0.4 is 10.6 Å². The van der Waals surface area contributed by atoms with Gasteiger partial charge in [-0.05, 0) is 19.1 Å². The zero-order valence-corrected chi connectivity index (χ0v) is 9.65. The molecule has 2 N–H and O–H groups in total. The molecule has 0 aliphatic rings. The molecule has 1 amide bonds. The highest BCUT2D eigenvalue weighted by molar-refractivity contribution is 7.80. The largest absolute Gasteiger partial charge is 0.382 e. The van der Waals surface area contributed by atoms with Crippen molar-refractivity contribution in [2.75, 3.05) is 12.4 Å². The molecule has 1 aromatic carbocycles. The Balaban J connectivity index is 2.51. The number of aryl methyl sites for hydroxylation is 1. The Kier molecular flexibility index (Phi) is 4.24. The van der Waals surface area contributed by atoms with Crippen LogP contribution in [-0.4, -0.2) is 17.9 Å². The van der Waals surface area contributed by atoms with Crippen molar-refractivity contribution in [1.29, 1.82) is 0 Å². The highest BCUT2D eigenvalue weighted by Crippen LogP contribution is 2.08. The number of hydrogen-bond acceptors (Lipinski definition) is 2. The maximum Gasteiger partial charge on any atom is 0.231 e. The van der Waals surface area contributed by atoms with Crippen molar-refractivity contribution in [3.8, 4) is 0 Å². The predicted molar refractivity (Wildman–Crippen MR) is 66.1 cm³/mol. The first-order chi connectivity index (χ1) is 7.11. The summed E-state index contributed by atoms with van der Waals surface area (Å²) in [5.74, 6) is -0.0989. The number of nitrogens with one attached hydrogen (secondary N) is 2. The molecule has 1 aromatic rings. The van der Waals surface area contributed by atoms with E-state index in [1.54, 1.807) is 7.05 Å². The van der Waals surface area contributed by atoms with Gasteiger partial charge < -0.3 is 10.6 Å². The zero-order valence-electron chi connectivity index (χ0n) is 8.83. The molecule has 3 nitrogen and oxygen atoms in total. The van der Waals surface area contributed by atoms with Crippen molar-refractivity contribution in [2.24, 2.45) is 0 Å². The average molecular weight is 222 g/mol. The molecule has 1 rings (SSSR count). The van der Waals surface area contributed by atoms with E-state index in [0.717, 1.165) is 5.69 Å². The molecule has 0 fully saturated rings. The van der Waals surface area contributed by atoms with Gasteiger partial charge in [-0.2, -0.15) is 0 Å². The van der Waals surface area contributed by atoms with Crippen LogP contribution in [0, 0.1) is 6.92 Å². The topological polar surface area (TPSA) is 41.1 Å². The van der Waals surface area contributed by atoms with Crippen molar-refractivity contribution in [3.05, 3.63) is 29.8 Å². The summed E-state index contributed by atoms with van der Waals surface area (Å²) in [6, 6.07) is 7.64. The minimum absolute atomic E-state index is 0.0989. The van der Waals surface area contributed by atoms with E-state index in [-0.39, 0.29) is 12.3 Å². The molecule has 0 heterocycles. The summed E-state index contributed by atoms with van der Waals surface area (Å²) in [4.78, 5) is 12.0. The minimum atomic E-state index is -0.0989. The molecule has 0 aliphatic heterocycles. The van der Waals surface area contributed by atoms with Crippen LogP contribution in [-0.2, 0) is 4.79 Å². The summed E-state index contributed by atoms with van der Waals surface area (Å²) in [6.07, 6.45) is 0.222. The normalized spacial score (nSPS) is 9.47. The first-order valence-corrected chi connectivity index (χ1v) is 5.09. The van der Waals surface area contributed by atoms with Crippen LogP contribution in [0.5, 0.6) is 0 Å². The van der Waals surface area contributed by atoms with Gasteiger partial charge in [0.1, 0.15) is 0 Å². The molecule has 0 aliphatic carbocycles. The summed E-state index contributed by atoms with van der Waals surface area (Å²) in [5.41, 5.74) is 1.96. The van der Waals surface area contributed by atoms with Crippen LogP contribution >= 0.6 is 12.2 Å². The van der Waals surface area contributed by atoms with E-state index in [9.17, 15) is 4.79 Å². The third-order valence-electron chi connectivity index (χ3n) is 1.94. The van der Waals surface area contributed by atoms with Gasteiger partial charge in [0, 0.05) is 12.7 Å². The van der Waals surface area contributed by atoms with Crippen LogP contribution in [0.3, 0.4) is 0 Å². The third-order valence-corrected chi connectivity index (χ3v) is 2.28. The lowest BCUT2D eigenvalue weighted by Crippen LogP contribution is -2.23. The van der Waals surface area contributed by atoms with Crippen LogP contribution in [0.1, 0.15) is 12.0 Å². The third kappa shape index (κ3) is 4.08. The number of benzene rings is 1. The Hall–Kier alpha value is -1.42. The first-order valence-electron chi connectivity index (χ1n) is 4.69. The highest BCUT2D eigenvalue weighted by Gasteiger charge is 2.04. The Morgan fingerprint density at radius 2 is 1.93 bits per heavy atom. The van der Waals surface area contributed by atoms with Crippen molar-refractivity contribution in [2.45, 2.75) is 13.3 Å². The molecule has 4 heteroatoms. The first kappa shape index (κ1) is 11.7. The van der Waals surface area contributed by atoms with Gasteiger partial charge >= 0.3 is 0 Å². The molecule has 80 valence electrons. The van der Waals surface area contributed by atoms with Gasteiger partial charge in [0.2, 0.25) is 5.91 Å². The second-order valence-electron chi connectivity index (χ2n) is 3.26. The number of hydrogen-bond donors (Lipinski definition) is 2. The van der Waals surface area contributed by atoms with Crippen molar-refractivity contribution >= 4 is 28.8 Å². The second kappa shape index (κ2) is 5.46. The minimum Gasteiger partial charge on any atom is -0.382 e. The van der Waals surface area contributed by atoms with Crippen molar-refractivity contribution < 1.29 is 4.79 Å². The molecule has 0 saturated carbocycles. The number of anilines is 1. The maximum atomic E-state index is 11.4. The van der Waals surface area contributed by atoms with Gasteiger partial charge in [0.25, 0.3) is 0 Å². The lowest BCUT2D eigenvalue weighted by Gasteiger charge is -2.05. The number of carbonyl (C=O) groups excluding carboxylic acids is 1. The molecule has 15 heavy (non-hydrogen) atoms. The summed E-state index contributed by atoms with van der Waals surface area (Å²) >= 11 is 4.90. The van der Waals surface area contributed by atoms with Crippen molar-refractivity contribution in [1.82, 2.24) is 5.32 Å². The predicted octanol–water partition coefficient (Wildman–Crippen LogP) is 1.87. The van der Waals surface area contributed by atoms with E-state index >= 15 is 0 Å². The number of rotatable bonds is 3. The lowest BCUT2D eigenvalue weighted by atomic mass is 10.2. The average Bonchev–Trinajstić information content (AvgIpc) is 2.21. The lowest BCUT2D eigenvalue weighted by molar-refractivity contribution is -0.115. The van der Waals surface area contributed by atoms with Gasteiger partial charge in [0.05, 0.1) is 11.4 Å². The quantitative estimate of drug-likeness (QED) is 0.767. The number of carbonyl (C=O) groups is 1. The van der Waals surface area contributed by atoms with Gasteiger partial charge in [-0.3, -0.25) is 4.79 Å². The van der Waals surface area contributed by atoms with Crippen LogP contribution in [0.2, 0.25) is 0 Å². The Labute approximate surface area is 94.9 Å². The van der Waals surface area contributed by atoms with Gasteiger partial charge in [-0.25, -0.2) is 0 Å². The molecule has 0 unspecified atom stereocenters. The number of thiocarbonyl (C=S) groups is 1. The SMILES string of the molecule is CNC(=S)CC(=O)Nc1ccc(C)cc1. The smallest absolute Gasteiger partial charge is 0.231 e. The van der Waals surface area contributed by atoms with Crippen LogP contribution in [0.25, 0.3) is 0 Å². The fourth-order valence-electron chi connectivity index (χ4n) is 1.08. The van der Waals surface area contributed by atoms with Gasteiger partial charge in [-0.15, -0.1) is 0 Å². The summed E-state index contributed by atoms with van der Waals surface area (Å²) in [5, 5.41) is 5.53. The standard InChI is InChI=1S/C11H14N2OS/c1-8-3-5-9(6-4-8)13-10(14)7-11(15)12-2/h3-6H,7H2,1-2H3,(H,12,15)(H,13,14). The van der Waals surface area contributed by atoms with Gasteiger partial charge in [0.15, 0.2) is 0 Å².